The molecule has 0 spiro atoms. The average Bonchev–Trinajstić information content (AvgIpc) is 3.36. The minimum atomic E-state index is -4.43. The number of alkyl halides is 3. The van der Waals surface area contributed by atoms with Crippen molar-refractivity contribution in [3.8, 4) is 17.7 Å². The number of aryl methyl sites for hydroxylation is 1. The van der Waals surface area contributed by atoms with Gasteiger partial charge in [0.2, 0.25) is 5.82 Å². The van der Waals surface area contributed by atoms with E-state index < -0.39 is 17.7 Å². The van der Waals surface area contributed by atoms with Gasteiger partial charge in [0, 0.05) is 12.5 Å². The first kappa shape index (κ1) is 18.4. The van der Waals surface area contributed by atoms with Gasteiger partial charge in [0.15, 0.2) is 5.82 Å². The molecule has 0 aliphatic carbocycles. The number of imidazole rings is 1. The number of H-pyrrole nitrogens is 1. The van der Waals surface area contributed by atoms with Crippen LogP contribution in [0.25, 0.3) is 22.7 Å². The monoisotopic (exact) mass is 408 g/mol. The van der Waals surface area contributed by atoms with Crippen LogP contribution in [0.3, 0.4) is 0 Å². The molecule has 0 amide bonds. The number of rotatable bonds is 2. The number of fused-ring (bicyclic) bond motifs is 2. The van der Waals surface area contributed by atoms with E-state index in [9.17, 15) is 13.2 Å². The molecule has 1 aliphatic heterocycles. The lowest BCUT2D eigenvalue weighted by Crippen LogP contribution is -2.21. The number of aromatic amines is 1. The lowest BCUT2D eigenvalue weighted by molar-refractivity contribution is -0.138. The molecular weight excluding hydrogens is 393 g/mol. The quantitative estimate of drug-likeness (QED) is 0.524. The fourth-order valence-electron chi connectivity index (χ4n) is 3.99. The zero-order valence-corrected chi connectivity index (χ0v) is 15.6. The maximum absolute atomic E-state index is 13.5. The number of nitrogens with zero attached hydrogens (tertiary/aromatic N) is 5. The van der Waals surface area contributed by atoms with Crippen molar-refractivity contribution in [2.24, 2.45) is 0 Å². The van der Waals surface area contributed by atoms with Crippen molar-refractivity contribution < 1.29 is 13.2 Å². The molecule has 4 aromatic rings. The molecule has 1 aliphatic rings. The highest BCUT2D eigenvalue weighted by atomic mass is 19.4. The maximum atomic E-state index is 13.5. The Bertz CT molecular complexity index is 1290. The minimum absolute atomic E-state index is 0.216. The Balaban J connectivity index is 1.59. The molecular formula is C21H15F3N6. The summed E-state index contributed by atoms with van der Waals surface area (Å²) in [5.41, 5.74) is 1.40. The van der Waals surface area contributed by atoms with Gasteiger partial charge in [-0.05, 0) is 42.7 Å². The molecule has 1 N–H and O–H groups in total. The summed E-state index contributed by atoms with van der Waals surface area (Å²) in [5, 5.41) is 13.5. The van der Waals surface area contributed by atoms with Crippen molar-refractivity contribution in [3.05, 3.63) is 65.0 Å². The summed E-state index contributed by atoms with van der Waals surface area (Å²) in [6, 6.07) is 12.8. The molecule has 5 rings (SSSR count). The summed E-state index contributed by atoms with van der Waals surface area (Å²) in [5.74, 6) is 0.763. The van der Waals surface area contributed by atoms with E-state index in [1.807, 2.05) is 0 Å². The molecule has 2 aromatic heterocycles. The molecule has 1 unspecified atom stereocenters. The Kier molecular flexibility index (Phi) is 4.10. The molecule has 3 heterocycles. The fraction of sp³-hybridized carbons (Fsp3) is 0.238. The van der Waals surface area contributed by atoms with Crippen LogP contribution in [0, 0.1) is 11.3 Å². The van der Waals surface area contributed by atoms with Gasteiger partial charge in [0.25, 0.3) is 0 Å². The van der Waals surface area contributed by atoms with Gasteiger partial charge in [0.05, 0.1) is 28.2 Å². The number of nitriles is 1. The molecule has 150 valence electrons. The topological polar surface area (TPSA) is 83.2 Å². The summed E-state index contributed by atoms with van der Waals surface area (Å²) in [6.07, 6.45) is -3.16. The Morgan fingerprint density at radius 3 is 2.77 bits per heavy atom. The molecule has 6 nitrogen and oxygen atoms in total. The van der Waals surface area contributed by atoms with E-state index in [1.165, 1.54) is 12.1 Å². The highest BCUT2D eigenvalue weighted by molar-refractivity contribution is 5.79. The van der Waals surface area contributed by atoms with Crippen molar-refractivity contribution >= 4 is 11.0 Å². The van der Waals surface area contributed by atoms with Crippen LogP contribution in [0.1, 0.15) is 41.3 Å². The Morgan fingerprint density at radius 2 is 1.97 bits per heavy atom. The van der Waals surface area contributed by atoms with Crippen LogP contribution < -0.4 is 0 Å². The van der Waals surface area contributed by atoms with Gasteiger partial charge in [-0.3, -0.25) is 0 Å². The second-order valence-corrected chi connectivity index (χ2v) is 7.23. The number of benzene rings is 2. The number of nitrogens with one attached hydrogen (secondary N) is 1. The smallest absolute Gasteiger partial charge is 0.335 e. The number of hydrogen-bond acceptors (Lipinski definition) is 4. The van der Waals surface area contributed by atoms with Crippen molar-refractivity contribution in [2.75, 3.05) is 0 Å². The first-order chi connectivity index (χ1) is 14.4. The van der Waals surface area contributed by atoms with Crippen LogP contribution in [0.4, 0.5) is 13.2 Å². The SMILES string of the molecule is N#Cc1ccc2[nH]c(-c3nc4n(n3)CCCC4c3ccccc3C(F)(F)F)nc2c1. The highest BCUT2D eigenvalue weighted by Crippen LogP contribution is 2.40. The van der Waals surface area contributed by atoms with E-state index in [0.29, 0.717) is 47.9 Å². The van der Waals surface area contributed by atoms with Crippen LogP contribution in [-0.2, 0) is 12.7 Å². The normalized spacial score (nSPS) is 16.4. The standard InChI is InChI=1S/C21H15F3N6/c22-21(23,24)15-6-2-1-4-13(15)14-5-3-9-30-20(14)28-19(29-30)18-26-16-8-7-12(11-25)10-17(16)27-18/h1-2,4,6-8,10,14H,3,5,9H2,(H,26,27). The van der Waals surface area contributed by atoms with E-state index in [0.717, 1.165) is 11.6 Å². The van der Waals surface area contributed by atoms with E-state index in [1.54, 1.807) is 28.9 Å². The van der Waals surface area contributed by atoms with E-state index in [-0.39, 0.29) is 5.56 Å². The Labute approximate surface area is 169 Å². The highest BCUT2D eigenvalue weighted by Gasteiger charge is 2.37. The van der Waals surface area contributed by atoms with Gasteiger partial charge in [-0.2, -0.15) is 18.4 Å². The third-order valence-electron chi connectivity index (χ3n) is 5.34. The summed E-state index contributed by atoms with van der Waals surface area (Å²) in [4.78, 5) is 12.2. The zero-order valence-electron chi connectivity index (χ0n) is 15.6. The summed E-state index contributed by atoms with van der Waals surface area (Å²) in [7, 11) is 0. The molecule has 0 saturated heterocycles. The number of halogens is 3. The van der Waals surface area contributed by atoms with Gasteiger partial charge >= 0.3 is 6.18 Å². The summed E-state index contributed by atoms with van der Waals surface area (Å²) >= 11 is 0. The van der Waals surface area contributed by atoms with Crippen LogP contribution >= 0.6 is 0 Å². The second-order valence-electron chi connectivity index (χ2n) is 7.23. The third-order valence-corrected chi connectivity index (χ3v) is 5.34. The predicted molar refractivity (Wildman–Crippen MR) is 102 cm³/mol. The van der Waals surface area contributed by atoms with Crippen molar-refractivity contribution in [1.29, 1.82) is 5.26 Å². The van der Waals surface area contributed by atoms with E-state index >= 15 is 0 Å². The lowest BCUT2D eigenvalue weighted by Gasteiger charge is -2.25. The molecule has 0 bridgehead atoms. The van der Waals surface area contributed by atoms with Gasteiger partial charge in [-0.25, -0.2) is 14.6 Å². The average molecular weight is 408 g/mol. The zero-order chi connectivity index (χ0) is 20.9. The van der Waals surface area contributed by atoms with E-state index in [4.69, 9.17) is 5.26 Å². The van der Waals surface area contributed by atoms with Crippen LogP contribution in [0.5, 0.6) is 0 Å². The largest absolute Gasteiger partial charge is 0.416 e. The Morgan fingerprint density at radius 1 is 1.13 bits per heavy atom. The first-order valence-electron chi connectivity index (χ1n) is 9.45. The molecule has 30 heavy (non-hydrogen) atoms. The maximum Gasteiger partial charge on any atom is 0.416 e. The van der Waals surface area contributed by atoms with Crippen molar-refractivity contribution in [3.63, 3.8) is 0 Å². The van der Waals surface area contributed by atoms with Gasteiger partial charge in [-0.1, -0.05) is 18.2 Å². The first-order valence-corrected chi connectivity index (χ1v) is 9.45. The summed E-state index contributed by atoms with van der Waals surface area (Å²) in [6.45, 7) is 0.589. The molecule has 0 radical (unpaired) electrons. The molecule has 9 heteroatoms. The van der Waals surface area contributed by atoms with Crippen LogP contribution in [-0.4, -0.2) is 24.7 Å². The Hall–Kier alpha value is -3.67. The van der Waals surface area contributed by atoms with Crippen molar-refractivity contribution in [1.82, 2.24) is 24.7 Å². The van der Waals surface area contributed by atoms with E-state index in [2.05, 4.69) is 26.1 Å². The lowest BCUT2D eigenvalue weighted by atomic mass is 9.88. The van der Waals surface area contributed by atoms with Crippen LogP contribution in [0.15, 0.2) is 42.5 Å². The number of hydrogen-bond donors (Lipinski definition) is 1. The molecule has 0 fully saturated rings. The minimum Gasteiger partial charge on any atom is -0.335 e. The van der Waals surface area contributed by atoms with Gasteiger partial charge in [0.1, 0.15) is 5.82 Å². The van der Waals surface area contributed by atoms with Crippen LogP contribution in [0.2, 0.25) is 0 Å². The number of aromatic nitrogens is 5. The van der Waals surface area contributed by atoms with Crippen molar-refractivity contribution in [2.45, 2.75) is 31.5 Å². The summed E-state index contributed by atoms with van der Waals surface area (Å²) < 4.78 is 42.3. The molecule has 0 saturated carbocycles. The molecule has 2 aromatic carbocycles. The second kappa shape index (κ2) is 6.69. The van der Waals surface area contributed by atoms with Gasteiger partial charge < -0.3 is 4.98 Å². The fourth-order valence-corrected chi connectivity index (χ4v) is 3.99. The molecule has 1 atom stereocenters. The van der Waals surface area contributed by atoms with Gasteiger partial charge in [-0.15, -0.1) is 5.10 Å². The predicted octanol–water partition coefficient (Wildman–Crippen LogP) is 4.64. The third kappa shape index (κ3) is 3.01.